The largest absolute Gasteiger partial charge is 0.488 e. The maximum absolute atomic E-state index is 11.7. The molecule has 4 nitrogen and oxygen atoms in total. The molecule has 1 saturated heterocycles. The van der Waals surface area contributed by atoms with Gasteiger partial charge in [0.25, 0.3) is 0 Å². The fraction of sp³-hybridized carbons (Fsp3) is 0.500. The summed E-state index contributed by atoms with van der Waals surface area (Å²) < 4.78 is 5.78. The Kier molecular flexibility index (Phi) is 3.19. The van der Waals surface area contributed by atoms with Crippen LogP contribution in [0.5, 0.6) is 5.75 Å². The first-order valence-corrected chi connectivity index (χ1v) is 6.53. The van der Waals surface area contributed by atoms with Crippen molar-refractivity contribution in [2.45, 2.75) is 18.9 Å². The molecular formula is C14H18N2O2. The predicted molar refractivity (Wildman–Crippen MR) is 68.5 cm³/mol. The molecule has 1 unspecified atom stereocenters. The quantitative estimate of drug-likeness (QED) is 0.823. The molecule has 4 heteroatoms. The van der Waals surface area contributed by atoms with Crippen LogP contribution in [0.2, 0.25) is 0 Å². The normalized spacial score (nSPS) is 21.9. The molecule has 1 atom stereocenters. The number of hydrogen-bond donors (Lipinski definition) is 2. The number of para-hydroxylation sites is 1. The molecule has 0 aliphatic carbocycles. The molecule has 0 saturated carbocycles. The van der Waals surface area contributed by atoms with Crippen molar-refractivity contribution in [3.8, 4) is 5.75 Å². The molecule has 1 amide bonds. The minimum atomic E-state index is 0.0888. The van der Waals surface area contributed by atoms with Gasteiger partial charge in [-0.2, -0.15) is 0 Å². The van der Waals surface area contributed by atoms with Crippen LogP contribution in [0.4, 0.5) is 0 Å². The summed E-state index contributed by atoms with van der Waals surface area (Å²) in [5.41, 5.74) is 1.24. The molecule has 0 aromatic heterocycles. The molecule has 2 N–H and O–H groups in total. The van der Waals surface area contributed by atoms with Gasteiger partial charge >= 0.3 is 0 Å². The Morgan fingerprint density at radius 1 is 1.39 bits per heavy atom. The number of hydrogen-bond acceptors (Lipinski definition) is 3. The van der Waals surface area contributed by atoms with Gasteiger partial charge in [0.15, 0.2) is 0 Å². The lowest BCUT2D eigenvalue weighted by atomic mass is 9.99. The van der Waals surface area contributed by atoms with Crippen LogP contribution in [-0.2, 0) is 11.2 Å². The van der Waals surface area contributed by atoms with E-state index in [9.17, 15) is 4.79 Å². The van der Waals surface area contributed by atoms with Gasteiger partial charge in [-0.1, -0.05) is 18.2 Å². The fourth-order valence-corrected chi connectivity index (χ4v) is 2.42. The smallest absolute Gasteiger partial charge is 0.220 e. The predicted octanol–water partition coefficient (Wildman–Crippen LogP) is 0.716. The first-order valence-electron chi connectivity index (χ1n) is 6.53. The van der Waals surface area contributed by atoms with Crippen LogP contribution in [0.1, 0.15) is 12.0 Å². The summed E-state index contributed by atoms with van der Waals surface area (Å²) >= 11 is 0. The lowest BCUT2D eigenvalue weighted by Crippen LogP contribution is -2.45. The number of ether oxygens (including phenoxy) is 1. The molecule has 1 aromatic carbocycles. The molecule has 18 heavy (non-hydrogen) atoms. The molecule has 96 valence electrons. The Morgan fingerprint density at radius 3 is 2.94 bits per heavy atom. The van der Waals surface area contributed by atoms with Gasteiger partial charge in [-0.15, -0.1) is 0 Å². The maximum Gasteiger partial charge on any atom is 0.220 e. The zero-order valence-electron chi connectivity index (χ0n) is 10.3. The highest BCUT2D eigenvalue weighted by atomic mass is 16.5. The number of amides is 1. The first kappa shape index (κ1) is 11.5. The molecule has 2 aliphatic rings. The van der Waals surface area contributed by atoms with Gasteiger partial charge in [0.05, 0.1) is 6.54 Å². The van der Waals surface area contributed by atoms with E-state index in [1.165, 1.54) is 5.56 Å². The van der Waals surface area contributed by atoms with E-state index < -0.39 is 0 Å². The van der Waals surface area contributed by atoms with Crippen molar-refractivity contribution < 1.29 is 9.53 Å². The summed E-state index contributed by atoms with van der Waals surface area (Å²) in [4.78, 5) is 11.7. The topological polar surface area (TPSA) is 50.4 Å². The average Bonchev–Trinajstić information content (AvgIpc) is 2.74. The third-order valence-electron chi connectivity index (χ3n) is 3.58. The van der Waals surface area contributed by atoms with Gasteiger partial charge in [0.2, 0.25) is 5.91 Å². The van der Waals surface area contributed by atoms with E-state index in [1.54, 1.807) is 0 Å². The van der Waals surface area contributed by atoms with Gasteiger partial charge in [-0.05, 0) is 30.6 Å². The van der Waals surface area contributed by atoms with Crippen molar-refractivity contribution in [1.29, 1.82) is 0 Å². The Labute approximate surface area is 107 Å². The summed E-state index contributed by atoms with van der Waals surface area (Å²) in [5, 5.41) is 6.14. The standard InChI is InChI=1S/C14H18N2O2/c17-14(5-10-7-15-8-10)16-9-12-6-11-3-1-2-4-13(11)18-12/h1-4,10,12,15H,5-9H2,(H,16,17). The molecule has 0 bridgehead atoms. The third kappa shape index (κ3) is 2.48. The Morgan fingerprint density at radius 2 is 2.22 bits per heavy atom. The molecular weight excluding hydrogens is 228 g/mol. The number of benzene rings is 1. The van der Waals surface area contributed by atoms with Crippen LogP contribution < -0.4 is 15.4 Å². The second-order valence-electron chi connectivity index (χ2n) is 5.08. The van der Waals surface area contributed by atoms with Gasteiger partial charge < -0.3 is 15.4 Å². The highest BCUT2D eigenvalue weighted by Gasteiger charge is 2.24. The van der Waals surface area contributed by atoms with E-state index in [4.69, 9.17) is 4.74 Å². The van der Waals surface area contributed by atoms with Gasteiger partial charge in [-0.25, -0.2) is 0 Å². The van der Waals surface area contributed by atoms with E-state index in [0.29, 0.717) is 18.9 Å². The molecule has 2 aliphatic heterocycles. The Balaban J connectivity index is 1.43. The lowest BCUT2D eigenvalue weighted by molar-refractivity contribution is -0.122. The zero-order valence-corrected chi connectivity index (χ0v) is 10.3. The summed E-state index contributed by atoms with van der Waals surface area (Å²) in [6.07, 6.45) is 1.61. The fourth-order valence-electron chi connectivity index (χ4n) is 2.42. The summed E-state index contributed by atoms with van der Waals surface area (Å²) in [6, 6.07) is 8.06. The average molecular weight is 246 g/mol. The lowest BCUT2D eigenvalue weighted by Gasteiger charge is -2.26. The number of carbonyl (C=O) groups is 1. The van der Waals surface area contributed by atoms with Crippen molar-refractivity contribution in [2.24, 2.45) is 5.92 Å². The highest BCUT2D eigenvalue weighted by Crippen LogP contribution is 2.27. The molecule has 2 heterocycles. The van der Waals surface area contributed by atoms with Crippen molar-refractivity contribution in [1.82, 2.24) is 10.6 Å². The Bertz CT molecular complexity index is 418. The molecule has 3 rings (SSSR count). The molecule has 0 spiro atoms. The maximum atomic E-state index is 11.7. The first-order chi connectivity index (χ1) is 8.81. The summed E-state index contributed by atoms with van der Waals surface area (Å²) in [6.45, 7) is 2.55. The van der Waals surface area contributed by atoms with Crippen molar-refractivity contribution in [3.63, 3.8) is 0 Å². The van der Waals surface area contributed by atoms with E-state index in [1.807, 2.05) is 18.2 Å². The van der Waals surface area contributed by atoms with Crippen LogP contribution >= 0.6 is 0 Å². The summed E-state index contributed by atoms with van der Waals surface area (Å²) in [7, 11) is 0. The van der Waals surface area contributed by atoms with Gasteiger partial charge in [0.1, 0.15) is 11.9 Å². The second kappa shape index (κ2) is 4.98. The number of fused-ring (bicyclic) bond motifs is 1. The van der Waals surface area contributed by atoms with Gasteiger partial charge in [-0.3, -0.25) is 4.79 Å². The zero-order chi connectivity index (χ0) is 12.4. The number of nitrogens with one attached hydrogen (secondary N) is 2. The van der Waals surface area contributed by atoms with Crippen LogP contribution in [0.3, 0.4) is 0 Å². The van der Waals surface area contributed by atoms with Gasteiger partial charge in [0, 0.05) is 12.8 Å². The van der Waals surface area contributed by atoms with Crippen molar-refractivity contribution >= 4 is 5.91 Å². The SMILES string of the molecule is O=C(CC1CNC1)NCC1Cc2ccccc2O1. The van der Waals surface area contributed by atoms with E-state index >= 15 is 0 Å². The van der Waals surface area contributed by atoms with Crippen LogP contribution in [0, 0.1) is 5.92 Å². The monoisotopic (exact) mass is 246 g/mol. The number of carbonyl (C=O) groups excluding carboxylic acids is 1. The van der Waals surface area contributed by atoms with Crippen molar-refractivity contribution in [3.05, 3.63) is 29.8 Å². The Hall–Kier alpha value is -1.55. The second-order valence-corrected chi connectivity index (χ2v) is 5.08. The molecule has 1 aromatic rings. The summed E-state index contributed by atoms with van der Waals surface area (Å²) in [5.74, 6) is 1.62. The van der Waals surface area contributed by atoms with Crippen LogP contribution in [0.25, 0.3) is 0 Å². The highest BCUT2D eigenvalue weighted by molar-refractivity contribution is 5.76. The van der Waals surface area contributed by atoms with Crippen LogP contribution in [-0.4, -0.2) is 31.6 Å². The number of rotatable bonds is 4. The van der Waals surface area contributed by atoms with Crippen LogP contribution in [0.15, 0.2) is 24.3 Å². The van der Waals surface area contributed by atoms with E-state index in [2.05, 4.69) is 16.7 Å². The van der Waals surface area contributed by atoms with E-state index in [0.717, 1.165) is 25.3 Å². The minimum absolute atomic E-state index is 0.0888. The molecule has 0 radical (unpaired) electrons. The third-order valence-corrected chi connectivity index (χ3v) is 3.58. The minimum Gasteiger partial charge on any atom is -0.488 e. The van der Waals surface area contributed by atoms with E-state index in [-0.39, 0.29) is 12.0 Å². The van der Waals surface area contributed by atoms with Crippen molar-refractivity contribution in [2.75, 3.05) is 19.6 Å². The molecule has 1 fully saturated rings.